The van der Waals surface area contributed by atoms with Gasteiger partial charge < -0.3 is 24.6 Å². The highest BCUT2D eigenvalue weighted by atomic mass is 32.1. The number of fused-ring (bicyclic) bond motifs is 5. The van der Waals surface area contributed by atoms with Crippen LogP contribution in [0.1, 0.15) is 33.6 Å². The predicted molar refractivity (Wildman–Crippen MR) is 116 cm³/mol. The monoisotopic (exact) mass is 457 g/mol. The summed E-state index contributed by atoms with van der Waals surface area (Å²) in [6.07, 6.45) is 1.96. The number of aryl methyl sites for hydroxylation is 2. The molecule has 2 fully saturated rings. The summed E-state index contributed by atoms with van der Waals surface area (Å²) >= 11 is 1.34. The Morgan fingerprint density at radius 1 is 1.12 bits per heavy atom. The zero-order valence-electron chi connectivity index (χ0n) is 17.7. The Labute approximate surface area is 188 Å². The summed E-state index contributed by atoms with van der Waals surface area (Å²) in [6, 6.07) is 5.72. The molecular weight excluding hydrogens is 434 g/mol. The number of nitrogens with one attached hydrogen (secondary N) is 1. The number of carbonyl (C=O) groups excluding carboxylic acids is 2. The van der Waals surface area contributed by atoms with Crippen LogP contribution in [-0.4, -0.2) is 49.4 Å². The number of ether oxygens (including phenoxy) is 3. The molecule has 8 nitrogen and oxygen atoms in total. The van der Waals surface area contributed by atoms with Crippen LogP contribution in [0.5, 0.6) is 5.75 Å². The van der Waals surface area contributed by atoms with Gasteiger partial charge in [-0.1, -0.05) is 6.07 Å². The number of thiophene rings is 1. The summed E-state index contributed by atoms with van der Waals surface area (Å²) in [7, 11) is 2.91. The van der Waals surface area contributed by atoms with Crippen LogP contribution < -0.4 is 10.1 Å². The van der Waals surface area contributed by atoms with Crippen LogP contribution in [0.25, 0.3) is 11.1 Å². The Hall–Kier alpha value is -2.91. The fourth-order valence-corrected chi connectivity index (χ4v) is 6.44. The van der Waals surface area contributed by atoms with Gasteiger partial charge in [0.25, 0.3) is 0 Å². The van der Waals surface area contributed by atoms with E-state index < -0.39 is 41.9 Å². The first-order valence-corrected chi connectivity index (χ1v) is 11.3. The number of hydrogen-bond donors (Lipinski definition) is 2. The van der Waals surface area contributed by atoms with Crippen LogP contribution >= 0.6 is 11.3 Å². The Bertz CT molecular complexity index is 1120. The summed E-state index contributed by atoms with van der Waals surface area (Å²) in [6.45, 7) is 0. The lowest BCUT2D eigenvalue weighted by Gasteiger charge is -2.23. The number of methoxy groups -OCH3 is 2. The number of rotatable bonds is 5. The number of carbonyl (C=O) groups is 3. The van der Waals surface area contributed by atoms with Crippen molar-refractivity contribution in [3.05, 3.63) is 34.2 Å². The molecular formula is C23H23NO7S. The van der Waals surface area contributed by atoms with Crippen LogP contribution in [0.15, 0.2) is 18.2 Å². The van der Waals surface area contributed by atoms with E-state index in [1.165, 1.54) is 18.4 Å². The van der Waals surface area contributed by atoms with Crippen LogP contribution in [0.4, 0.5) is 5.00 Å². The molecule has 32 heavy (non-hydrogen) atoms. The van der Waals surface area contributed by atoms with E-state index in [1.54, 1.807) is 7.11 Å². The molecule has 5 rings (SSSR count). The number of benzene rings is 1. The average Bonchev–Trinajstić information content (AvgIpc) is 3.50. The van der Waals surface area contributed by atoms with Gasteiger partial charge in [-0.05, 0) is 48.9 Å². The maximum Gasteiger partial charge on any atom is 0.341 e. The van der Waals surface area contributed by atoms with Gasteiger partial charge in [-0.3, -0.25) is 9.59 Å². The van der Waals surface area contributed by atoms with Gasteiger partial charge in [0.1, 0.15) is 16.3 Å². The molecule has 0 spiro atoms. The number of aliphatic carboxylic acids is 1. The van der Waals surface area contributed by atoms with E-state index in [1.807, 2.05) is 18.2 Å². The van der Waals surface area contributed by atoms with Crippen molar-refractivity contribution in [2.45, 2.75) is 37.9 Å². The van der Waals surface area contributed by atoms with Gasteiger partial charge in [-0.2, -0.15) is 0 Å². The predicted octanol–water partition coefficient (Wildman–Crippen LogP) is 3.13. The second-order valence-electron chi connectivity index (χ2n) is 8.29. The molecule has 2 N–H and O–H groups in total. The highest BCUT2D eigenvalue weighted by Gasteiger charge is 2.55. The maximum absolute atomic E-state index is 13.2. The standard InChI is InChI=1S/C23H23NO7S/c1-29-11-4-5-12-10(9-11)3-8-15-16(12)19(23(28)30-2)21(32-15)24-20(25)17-13-6-7-14(31-13)18(17)22(26)27/h4-5,9,13-14,17-18H,3,6-8H2,1-2H3,(H,24,25)(H,26,27)/t13-,14+,17+,18+/m1/s1. The van der Waals surface area contributed by atoms with Gasteiger partial charge in [-0.25, -0.2) is 4.79 Å². The molecule has 9 heteroatoms. The van der Waals surface area contributed by atoms with E-state index in [9.17, 15) is 19.5 Å². The lowest BCUT2D eigenvalue weighted by molar-refractivity contribution is -0.147. The Kier molecular flexibility index (Phi) is 5.17. The molecule has 168 valence electrons. The first-order chi connectivity index (χ1) is 15.4. The van der Waals surface area contributed by atoms with Crippen LogP contribution in [0.3, 0.4) is 0 Å². The molecule has 1 aliphatic carbocycles. The summed E-state index contributed by atoms with van der Waals surface area (Å²) in [5.41, 5.74) is 3.05. The highest BCUT2D eigenvalue weighted by Crippen LogP contribution is 2.48. The first kappa shape index (κ1) is 21.0. The zero-order valence-corrected chi connectivity index (χ0v) is 18.5. The minimum Gasteiger partial charge on any atom is -0.497 e. The topological polar surface area (TPSA) is 111 Å². The highest BCUT2D eigenvalue weighted by molar-refractivity contribution is 7.17. The number of esters is 1. The largest absolute Gasteiger partial charge is 0.497 e. The minimum atomic E-state index is -1.03. The lowest BCUT2D eigenvalue weighted by atomic mass is 9.78. The third-order valence-corrected chi connectivity index (χ3v) is 7.84. The fraction of sp³-hybridized carbons (Fsp3) is 0.435. The van der Waals surface area contributed by atoms with Crippen molar-refractivity contribution in [3.8, 4) is 16.9 Å². The molecule has 0 unspecified atom stereocenters. The normalized spacial score (nSPS) is 25.1. The van der Waals surface area contributed by atoms with E-state index in [0.717, 1.165) is 40.2 Å². The second-order valence-corrected chi connectivity index (χ2v) is 9.39. The van der Waals surface area contributed by atoms with Crippen molar-refractivity contribution in [1.29, 1.82) is 0 Å². The first-order valence-electron chi connectivity index (χ1n) is 10.5. The Morgan fingerprint density at radius 2 is 1.88 bits per heavy atom. The van der Waals surface area contributed by atoms with Crippen LogP contribution in [0, 0.1) is 11.8 Å². The van der Waals surface area contributed by atoms with Crippen molar-refractivity contribution < 1.29 is 33.7 Å². The Morgan fingerprint density at radius 3 is 2.56 bits per heavy atom. The SMILES string of the molecule is COC(=O)c1c(NC(=O)[C@@H]2[C@@H](C(=O)O)[C@@H]3CC[C@H]2O3)sc2c1-c1ccc(OC)cc1CC2. The molecule has 0 saturated carbocycles. The average molecular weight is 458 g/mol. The molecule has 3 heterocycles. The number of amides is 1. The number of carboxylic acid groups (broad SMARTS) is 1. The van der Waals surface area contributed by atoms with Gasteiger partial charge in [-0.15, -0.1) is 11.3 Å². The van der Waals surface area contributed by atoms with E-state index in [0.29, 0.717) is 23.4 Å². The number of hydrogen-bond acceptors (Lipinski definition) is 7. The van der Waals surface area contributed by atoms with Crippen molar-refractivity contribution in [1.82, 2.24) is 0 Å². The van der Waals surface area contributed by atoms with E-state index >= 15 is 0 Å². The second kappa shape index (κ2) is 7.90. The molecule has 2 aromatic rings. The van der Waals surface area contributed by atoms with E-state index in [-0.39, 0.29) is 0 Å². The van der Waals surface area contributed by atoms with Crippen LogP contribution in [0.2, 0.25) is 0 Å². The minimum absolute atomic E-state index is 0.308. The molecule has 1 amide bonds. The van der Waals surface area contributed by atoms with Crippen molar-refractivity contribution in [2.24, 2.45) is 11.8 Å². The summed E-state index contributed by atoms with van der Waals surface area (Å²) in [4.78, 5) is 38.8. The fourth-order valence-electron chi connectivity index (χ4n) is 5.24. The summed E-state index contributed by atoms with van der Waals surface area (Å²) in [5, 5.41) is 12.9. The van der Waals surface area contributed by atoms with Crippen molar-refractivity contribution in [3.63, 3.8) is 0 Å². The Balaban J connectivity index is 1.53. The lowest BCUT2D eigenvalue weighted by Crippen LogP contribution is -2.41. The zero-order chi connectivity index (χ0) is 22.6. The third kappa shape index (κ3) is 3.18. The number of carboxylic acids is 1. The molecule has 0 radical (unpaired) electrons. The molecule has 2 saturated heterocycles. The van der Waals surface area contributed by atoms with Gasteiger partial charge in [0.15, 0.2) is 0 Å². The van der Waals surface area contributed by atoms with Crippen LogP contribution in [-0.2, 0) is 31.9 Å². The van der Waals surface area contributed by atoms with Crippen molar-refractivity contribution in [2.75, 3.05) is 19.5 Å². The quantitative estimate of drug-likeness (QED) is 0.664. The maximum atomic E-state index is 13.2. The molecule has 4 atom stereocenters. The van der Waals surface area contributed by atoms with Gasteiger partial charge in [0.05, 0.1) is 38.3 Å². The summed E-state index contributed by atoms with van der Waals surface area (Å²) in [5.74, 6) is -2.92. The molecule has 2 aliphatic heterocycles. The molecule has 1 aromatic carbocycles. The van der Waals surface area contributed by atoms with Gasteiger partial charge in [0, 0.05) is 10.4 Å². The third-order valence-electron chi connectivity index (χ3n) is 6.67. The van der Waals surface area contributed by atoms with Crippen molar-refractivity contribution >= 4 is 34.2 Å². The molecule has 3 aliphatic rings. The van der Waals surface area contributed by atoms with E-state index in [4.69, 9.17) is 14.2 Å². The van der Waals surface area contributed by atoms with Gasteiger partial charge >= 0.3 is 11.9 Å². The number of anilines is 1. The smallest absolute Gasteiger partial charge is 0.341 e. The molecule has 2 bridgehead atoms. The molecule has 1 aromatic heterocycles. The van der Waals surface area contributed by atoms with Gasteiger partial charge in [0.2, 0.25) is 5.91 Å². The van der Waals surface area contributed by atoms with E-state index in [2.05, 4.69) is 5.32 Å². The summed E-state index contributed by atoms with van der Waals surface area (Å²) < 4.78 is 16.1.